The van der Waals surface area contributed by atoms with Crippen molar-refractivity contribution in [1.82, 2.24) is 16.2 Å². The summed E-state index contributed by atoms with van der Waals surface area (Å²) in [6, 6.07) is 9.38. The number of aryl methyl sites for hydroxylation is 1. The molecule has 8 nitrogen and oxygen atoms in total. The van der Waals surface area contributed by atoms with E-state index in [0.717, 1.165) is 11.3 Å². The minimum Gasteiger partial charge on any atom is -0.467 e. The maximum Gasteiger partial charge on any atom is 0.233 e. The van der Waals surface area contributed by atoms with Crippen LogP contribution in [0.3, 0.4) is 0 Å². The molecule has 32 heavy (non-hydrogen) atoms. The van der Waals surface area contributed by atoms with E-state index in [2.05, 4.69) is 16.2 Å². The van der Waals surface area contributed by atoms with Gasteiger partial charge in [0.25, 0.3) is 0 Å². The summed E-state index contributed by atoms with van der Waals surface area (Å²) in [5.74, 6) is 0.887. The number of anilines is 1. The van der Waals surface area contributed by atoms with Crippen LogP contribution in [0.25, 0.3) is 0 Å². The van der Waals surface area contributed by atoms with Gasteiger partial charge >= 0.3 is 0 Å². The third kappa shape index (κ3) is 4.56. The highest BCUT2D eigenvalue weighted by molar-refractivity contribution is 8.15. The number of rotatable bonds is 6. The summed E-state index contributed by atoms with van der Waals surface area (Å²) in [5, 5.41) is 12.8. The topological polar surface area (TPSA) is 106 Å². The Labute approximate surface area is 196 Å². The first-order valence-electron chi connectivity index (χ1n) is 10.6. The standard InChI is InChI=1S/C22H27ClN6O2S/c1-4-17(21(30)25-11-15-6-5-9-31-15)32-22-26-20-18(13(3)27-28-20)19(24)29(22)14-8-7-12(2)16(23)10-14/h5-10,13,17-18,20,24,27-28H,4,11H2,1-3H3,(H,25,30). The van der Waals surface area contributed by atoms with Crippen LogP contribution in [0.1, 0.15) is 31.6 Å². The molecule has 1 fully saturated rings. The number of halogens is 1. The number of nitrogens with one attached hydrogen (secondary N) is 4. The molecule has 1 aromatic heterocycles. The molecule has 1 amide bonds. The molecule has 3 heterocycles. The molecular weight excluding hydrogens is 448 g/mol. The molecule has 0 saturated carbocycles. The normalized spacial score (nSPS) is 23.6. The molecule has 4 unspecified atom stereocenters. The minimum absolute atomic E-state index is 0.0461. The van der Waals surface area contributed by atoms with E-state index in [0.29, 0.717) is 34.8 Å². The van der Waals surface area contributed by atoms with E-state index >= 15 is 0 Å². The van der Waals surface area contributed by atoms with Gasteiger partial charge in [-0.1, -0.05) is 36.4 Å². The third-order valence-electron chi connectivity index (χ3n) is 5.68. The number of aliphatic imine (C=N–C) groups is 1. The number of nitrogens with zero attached hydrogens (tertiary/aromatic N) is 2. The number of furan rings is 1. The van der Waals surface area contributed by atoms with Gasteiger partial charge in [0.15, 0.2) is 5.17 Å². The van der Waals surface area contributed by atoms with Gasteiger partial charge in [-0.15, -0.1) is 0 Å². The zero-order valence-electron chi connectivity index (χ0n) is 18.2. The highest BCUT2D eigenvalue weighted by atomic mass is 35.5. The smallest absolute Gasteiger partial charge is 0.233 e. The fourth-order valence-corrected chi connectivity index (χ4v) is 5.07. The van der Waals surface area contributed by atoms with Crippen molar-refractivity contribution in [1.29, 1.82) is 5.41 Å². The van der Waals surface area contributed by atoms with E-state index in [1.807, 2.05) is 49.9 Å². The first-order valence-corrected chi connectivity index (χ1v) is 11.8. The number of amidine groups is 2. The second-order valence-electron chi connectivity index (χ2n) is 7.93. The Hall–Kier alpha value is -2.33. The van der Waals surface area contributed by atoms with E-state index in [1.54, 1.807) is 12.3 Å². The number of hydrazine groups is 1. The van der Waals surface area contributed by atoms with Gasteiger partial charge in [0.1, 0.15) is 17.8 Å². The van der Waals surface area contributed by atoms with Gasteiger partial charge in [0, 0.05) is 11.1 Å². The summed E-state index contributed by atoms with van der Waals surface area (Å²) in [6.07, 6.45) is 1.93. The first kappa shape index (κ1) is 22.8. The lowest BCUT2D eigenvalue weighted by molar-refractivity contribution is -0.120. The summed E-state index contributed by atoms with van der Waals surface area (Å²) in [7, 11) is 0. The van der Waals surface area contributed by atoms with Gasteiger partial charge in [0.05, 0.1) is 29.7 Å². The molecule has 0 aliphatic carbocycles. The van der Waals surface area contributed by atoms with Crippen LogP contribution in [-0.4, -0.2) is 34.4 Å². The van der Waals surface area contributed by atoms with E-state index in [-0.39, 0.29) is 29.3 Å². The predicted molar refractivity (Wildman–Crippen MR) is 129 cm³/mol. The van der Waals surface area contributed by atoms with Gasteiger partial charge in [-0.2, -0.15) is 0 Å². The summed E-state index contributed by atoms with van der Waals surface area (Å²) in [6.45, 7) is 6.26. The number of carbonyl (C=O) groups excluding carboxylic acids is 1. The molecule has 1 aromatic carbocycles. The molecule has 2 aliphatic rings. The van der Waals surface area contributed by atoms with Crippen molar-refractivity contribution in [3.63, 3.8) is 0 Å². The van der Waals surface area contributed by atoms with E-state index in [9.17, 15) is 4.79 Å². The quantitative estimate of drug-likeness (QED) is 0.509. The lowest BCUT2D eigenvalue weighted by atomic mass is 9.97. The Balaban J connectivity index is 1.60. The zero-order valence-corrected chi connectivity index (χ0v) is 19.8. The summed E-state index contributed by atoms with van der Waals surface area (Å²) in [4.78, 5) is 19.6. The lowest BCUT2D eigenvalue weighted by Gasteiger charge is -2.36. The van der Waals surface area contributed by atoms with Crippen molar-refractivity contribution in [2.45, 2.75) is 51.2 Å². The second-order valence-corrected chi connectivity index (χ2v) is 9.50. The highest BCUT2D eigenvalue weighted by Gasteiger charge is 2.44. The maximum atomic E-state index is 12.9. The monoisotopic (exact) mass is 474 g/mol. The fraction of sp³-hybridized carbons (Fsp3) is 0.409. The van der Waals surface area contributed by atoms with Gasteiger partial charge < -0.3 is 9.73 Å². The van der Waals surface area contributed by atoms with Gasteiger partial charge in [-0.05, 0) is 50.1 Å². The summed E-state index contributed by atoms with van der Waals surface area (Å²) < 4.78 is 5.31. The van der Waals surface area contributed by atoms with Crippen LogP contribution < -0.4 is 21.1 Å². The van der Waals surface area contributed by atoms with E-state index in [4.69, 9.17) is 26.4 Å². The van der Waals surface area contributed by atoms with Crippen molar-refractivity contribution in [2.75, 3.05) is 4.90 Å². The maximum absolute atomic E-state index is 12.9. The van der Waals surface area contributed by atoms with Crippen molar-refractivity contribution in [3.8, 4) is 0 Å². The molecule has 0 spiro atoms. The Kier molecular flexibility index (Phi) is 6.90. The predicted octanol–water partition coefficient (Wildman–Crippen LogP) is 3.66. The zero-order chi connectivity index (χ0) is 22.8. The minimum atomic E-state index is -0.372. The van der Waals surface area contributed by atoms with Crippen LogP contribution in [0.5, 0.6) is 0 Å². The van der Waals surface area contributed by atoms with Crippen LogP contribution >= 0.6 is 23.4 Å². The Morgan fingerprint density at radius 2 is 2.22 bits per heavy atom. The molecule has 0 radical (unpaired) electrons. The fourth-order valence-electron chi connectivity index (χ4n) is 3.80. The van der Waals surface area contributed by atoms with Crippen molar-refractivity contribution in [2.24, 2.45) is 10.9 Å². The molecular formula is C22H27ClN6O2S. The average molecular weight is 475 g/mol. The van der Waals surface area contributed by atoms with E-state index in [1.165, 1.54) is 11.8 Å². The Morgan fingerprint density at radius 3 is 2.91 bits per heavy atom. The van der Waals surface area contributed by atoms with Crippen LogP contribution in [0.4, 0.5) is 5.69 Å². The van der Waals surface area contributed by atoms with Crippen molar-refractivity contribution < 1.29 is 9.21 Å². The average Bonchev–Trinajstić information content (AvgIpc) is 3.42. The van der Waals surface area contributed by atoms with Crippen molar-refractivity contribution >= 4 is 46.0 Å². The van der Waals surface area contributed by atoms with Gasteiger partial charge in [-0.3, -0.25) is 20.5 Å². The van der Waals surface area contributed by atoms with Crippen LogP contribution in [0.15, 0.2) is 46.0 Å². The van der Waals surface area contributed by atoms with Crippen LogP contribution in [0, 0.1) is 18.3 Å². The third-order valence-corrected chi connectivity index (χ3v) is 7.41. The number of fused-ring (bicyclic) bond motifs is 1. The molecule has 170 valence electrons. The van der Waals surface area contributed by atoms with Crippen molar-refractivity contribution in [3.05, 3.63) is 52.9 Å². The molecule has 0 bridgehead atoms. The van der Waals surface area contributed by atoms with Crippen LogP contribution in [-0.2, 0) is 11.3 Å². The number of carbonyl (C=O) groups is 1. The lowest BCUT2D eigenvalue weighted by Crippen LogP contribution is -2.51. The Morgan fingerprint density at radius 1 is 1.41 bits per heavy atom. The number of benzene rings is 1. The molecule has 4 rings (SSSR count). The molecule has 1 saturated heterocycles. The SMILES string of the molecule is CCC(SC1=NC2NNC(C)C2C(=N)N1c1ccc(C)c(Cl)c1)C(=O)NCc1ccco1. The number of amides is 1. The molecule has 2 aliphatic heterocycles. The van der Waals surface area contributed by atoms with Crippen LogP contribution in [0.2, 0.25) is 5.02 Å². The summed E-state index contributed by atoms with van der Waals surface area (Å²) >= 11 is 7.76. The second kappa shape index (κ2) is 9.66. The molecule has 4 atom stereocenters. The van der Waals surface area contributed by atoms with E-state index < -0.39 is 0 Å². The Bertz CT molecular complexity index is 1030. The largest absolute Gasteiger partial charge is 0.467 e. The molecule has 2 aromatic rings. The van der Waals surface area contributed by atoms with Gasteiger partial charge in [-0.25, -0.2) is 10.4 Å². The number of thioether (sulfide) groups is 1. The van der Waals surface area contributed by atoms with Gasteiger partial charge in [0.2, 0.25) is 5.91 Å². The molecule has 10 heteroatoms. The number of hydrogen-bond acceptors (Lipinski definition) is 7. The highest BCUT2D eigenvalue weighted by Crippen LogP contribution is 2.35. The number of hydrogen-bond donors (Lipinski definition) is 4. The first-order chi connectivity index (χ1) is 15.4. The summed E-state index contributed by atoms with van der Waals surface area (Å²) in [5.41, 5.74) is 8.08. The molecule has 4 N–H and O–H groups in total.